The molecule has 0 unspecified atom stereocenters. The summed E-state index contributed by atoms with van der Waals surface area (Å²) in [5, 5.41) is 11.9. The monoisotopic (exact) mass is 378 g/mol. The number of hydrogen-bond acceptors (Lipinski definition) is 4. The van der Waals surface area contributed by atoms with E-state index in [1.54, 1.807) is 10.9 Å². The largest absolute Gasteiger partial charge is 0.457 e. The fraction of sp³-hybridized carbons (Fsp3) is 0.286. The lowest BCUT2D eigenvalue weighted by Gasteiger charge is -2.19. The zero-order chi connectivity index (χ0) is 18.5. The van der Waals surface area contributed by atoms with Gasteiger partial charge < -0.3 is 4.74 Å². The van der Waals surface area contributed by atoms with Crippen LogP contribution in [-0.4, -0.2) is 21.1 Å². The van der Waals surface area contributed by atoms with Crippen LogP contribution in [0, 0.1) is 4.77 Å². The molecule has 27 heavy (non-hydrogen) atoms. The summed E-state index contributed by atoms with van der Waals surface area (Å²) in [6.45, 7) is 0. The molecule has 138 valence electrons. The van der Waals surface area contributed by atoms with Crippen LogP contribution in [0.15, 0.2) is 59.7 Å². The number of benzene rings is 2. The lowest BCUT2D eigenvalue weighted by atomic mass is 9.89. The third-order valence-corrected chi connectivity index (χ3v) is 5.07. The molecule has 0 aliphatic heterocycles. The van der Waals surface area contributed by atoms with E-state index in [0.29, 0.717) is 10.7 Å². The summed E-state index contributed by atoms with van der Waals surface area (Å²) in [6, 6.07) is 17.6. The quantitative estimate of drug-likeness (QED) is 0.460. The van der Waals surface area contributed by atoms with Crippen molar-refractivity contribution in [1.82, 2.24) is 14.9 Å². The fourth-order valence-corrected chi connectivity index (χ4v) is 3.63. The Morgan fingerprint density at radius 1 is 1.04 bits per heavy atom. The first-order valence-electron chi connectivity index (χ1n) is 9.34. The van der Waals surface area contributed by atoms with Crippen molar-refractivity contribution < 1.29 is 4.74 Å². The van der Waals surface area contributed by atoms with Gasteiger partial charge in [-0.3, -0.25) is 5.10 Å². The minimum atomic E-state index is 0.427. The maximum Gasteiger partial charge on any atom is 0.216 e. The van der Waals surface area contributed by atoms with Gasteiger partial charge in [0.1, 0.15) is 11.5 Å². The van der Waals surface area contributed by atoms with Gasteiger partial charge in [0.25, 0.3) is 0 Å². The molecular formula is C21H22N4OS. The number of aromatic nitrogens is 3. The predicted octanol–water partition coefficient (Wildman–Crippen LogP) is 5.66. The average molecular weight is 379 g/mol. The molecule has 2 aromatic carbocycles. The van der Waals surface area contributed by atoms with Gasteiger partial charge >= 0.3 is 0 Å². The van der Waals surface area contributed by atoms with E-state index >= 15 is 0 Å². The van der Waals surface area contributed by atoms with Gasteiger partial charge in [-0.25, -0.2) is 0 Å². The van der Waals surface area contributed by atoms with Crippen molar-refractivity contribution in [2.75, 3.05) is 0 Å². The number of aromatic amines is 1. The number of ether oxygens (including phenoxy) is 1. The van der Waals surface area contributed by atoms with Crippen LogP contribution in [0.5, 0.6) is 11.5 Å². The minimum Gasteiger partial charge on any atom is -0.457 e. The molecule has 5 nitrogen and oxygen atoms in total. The molecule has 0 amide bonds. The van der Waals surface area contributed by atoms with Gasteiger partial charge in [0.15, 0.2) is 5.82 Å². The Labute approximate surface area is 163 Å². The topological polar surface area (TPSA) is 55.2 Å². The molecular weight excluding hydrogens is 356 g/mol. The summed E-state index contributed by atoms with van der Waals surface area (Å²) in [6.07, 6.45) is 7.89. The second-order valence-electron chi connectivity index (χ2n) is 6.77. The van der Waals surface area contributed by atoms with Gasteiger partial charge in [0.2, 0.25) is 4.77 Å². The summed E-state index contributed by atoms with van der Waals surface area (Å²) in [7, 11) is 0. The second-order valence-corrected chi connectivity index (χ2v) is 7.15. The lowest BCUT2D eigenvalue weighted by Crippen LogP contribution is -2.10. The molecule has 1 aliphatic carbocycles. The Kier molecular flexibility index (Phi) is 5.44. The molecule has 1 aromatic heterocycles. The summed E-state index contributed by atoms with van der Waals surface area (Å²) >= 11 is 5.38. The molecule has 0 radical (unpaired) electrons. The first-order chi connectivity index (χ1) is 13.3. The molecule has 0 saturated heterocycles. The highest BCUT2D eigenvalue weighted by molar-refractivity contribution is 7.71. The van der Waals surface area contributed by atoms with Crippen molar-refractivity contribution in [1.29, 1.82) is 0 Å². The van der Waals surface area contributed by atoms with E-state index in [1.807, 2.05) is 54.6 Å². The van der Waals surface area contributed by atoms with Crippen molar-refractivity contribution in [2.45, 2.75) is 38.0 Å². The molecule has 0 bridgehead atoms. The number of hydrogen-bond donors (Lipinski definition) is 1. The number of nitrogens with zero attached hydrogens (tertiary/aromatic N) is 3. The van der Waals surface area contributed by atoms with Gasteiger partial charge in [-0.2, -0.15) is 14.9 Å². The fourth-order valence-electron chi connectivity index (χ4n) is 3.45. The molecule has 1 fully saturated rings. The Hall–Kier alpha value is -2.73. The molecule has 1 N–H and O–H groups in total. The summed E-state index contributed by atoms with van der Waals surface area (Å²) in [5.41, 5.74) is 0.945. The van der Waals surface area contributed by atoms with Crippen LogP contribution in [0.25, 0.3) is 0 Å². The minimum absolute atomic E-state index is 0.427. The van der Waals surface area contributed by atoms with E-state index in [4.69, 9.17) is 17.0 Å². The molecule has 1 heterocycles. The number of nitrogens with one attached hydrogen (secondary N) is 1. The van der Waals surface area contributed by atoms with Crippen LogP contribution < -0.4 is 4.74 Å². The lowest BCUT2D eigenvalue weighted by molar-refractivity contribution is 0.419. The van der Waals surface area contributed by atoms with Gasteiger partial charge in [0, 0.05) is 5.92 Å². The van der Waals surface area contributed by atoms with E-state index in [0.717, 1.165) is 35.7 Å². The first-order valence-corrected chi connectivity index (χ1v) is 9.75. The highest BCUT2D eigenvalue weighted by Crippen LogP contribution is 2.31. The van der Waals surface area contributed by atoms with E-state index in [2.05, 4.69) is 15.3 Å². The molecule has 3 aromatic rings. The van der Waals surface area contributed by atoms with Crippen LogP contribution in [0.3, 0.4) is 0 Å². The molecule has 0 atom stereocenters. The highest BCUT2D eigenvalue weighted by atomic mass is 32.1. The van der Waals surface area contributed by atoms with Gasteiger partial charge in [-0.1, -0.05) is 49.6 Å². The van der Waals surface area contributed by atoms with E-state index in [-0.39, 0.29) is 0 Å². The van der Waals surface area contributed by atoms with Crippen molar-refractivity contribution in [3.63, 3.8) is 0 Å². The molecule has 1 saturated carbocycles. The van der Waals surface area contributed by atoms with E-state index in [9.17, 15) is 0 Å². The Morgan fingerprint density at radius 2 is 1.81 bits per heavy atom. The van der Waals surface area contributed by atoms with E-state index in [1.165, 1.54) is 19.3 Å². The molecule has 4 rings (SSSR count). The SMILES string of the molecule is S=c1[nH]nc(C2CCCCC2)n1/N=C\c1cccc(Oc2ccccc2)c1. The smallest absolute Gasteiger partial charge is 0.216 e. The highest BCUT2D eigenvalue weighted by Gasteiger charge is 2.21. The van der Waals surface area contributed by atoms with Crippen LogP contribution in [0.2, 0.25) is 0 Å². The van der Waals surface area contributed by atoms with Crippen LogP contribution in [0.4, 0.5) is 0 Å². The number of para-hydroxylation sites is 1. The molecule has 0 spiro atoms. The molecule has 1 aliphatic rings. The Morgan fingerprint density at radius 3 is 2.63 bits per heavy atom. The Bertz CT molecular complexity index is 971. The maximum atomic E-state index is 5.89. The van der Waals surface area contributed by atoms with Crippen LogP contribution in [0.1, 0.15) is 49.4 Å². The summed E-state index contributed by atoms with van der Waals surface area (Å²) in [5.74, 6) is 2.95. The van der Waals surface area contributed by atoms with Gasteiger partial charge in [-0.15, -0.1) is 0 Å². The van der Waals surface area contributed by atoms with Crippen molar-refractivity contribution >= 4 is 18.4 Å². The van der Waals surface area contributed by atoms with Crippen LogP contribution in [-0.2, 0) is 0 Å². The normalized spacial score (nSPS) is 15.3. The summed E-state index contributed by atoms with van der Waals surface area (Å²) in [4.78, 5) is 0. The standard InChI is InChI=1S/C21H22N4OS/c27-21-24-23-20(17-9-3-1-4-10-17)25(21)22-15-16-8-7-13-19(14-16)26-18-11-5-2-6-12-18/h2,5-8,11-15,17H,1,3-4,9-10H2,(H,24,27)/b22-15-. The summed E-state index contributed by atoms with van der Waals surface area (Å²) < 4.78 is 8.18. The maximum absolute atomic E-state index is 5.89. The zero-order valence-electron chi connectivity index (χ0n) is 15.0. The van der Waals surface area contributed by atoms with Gasteiger partial charge in [0.05, 0.1) is 6.21 Å². The van der Waals surface area contributed by atoms with Crippen molar-refractivity contribution in [2.24, 2.45) is 5.10 Å². The number of H-pyrrole nitrogens is 1. The Balaban J connectivity index is 1.54. The average Bonchev–Trinajstić information content (AvgIpc) is 3.09. The predicted molar refractivity (Wildman–Crippen MR) is 109 cm³/mol. The van der Waals surface area contributed by atoms with Crippen LogP contribution >= 0.6 is 12.2 Å². The third kappa shape index (κ3) is 4.34. The third-order valence-electron chi connectivity index (χ3n) is 4.81. The zero-order valence-corrected chi connectivity index (χ0v) is 15.9. The van der Waals surface area contributed by atoms with E-state index < -0.39 is 0 Å². The van der Waals surface area contributed by atoms with Gasteiger partial charge in [-0.05, 0) is 54.9 Å². The van der Waals surface area contributed by atoms with Crippen molar-refractivity contribution in [3.05, 3.63) is 70.8 Å². The second kappa shape index (κ2) is 8.31. The number of rotatable bonds is 5. The van der Waals surface area contributed by atoms with Crippen molar-refractivity contribution in [3.8, 4) is 11.5 Å². The molecule has 6 heteroatoms. The first kappa shape index (κ1) is 17.7.